The van der Waals surface area contributed by atoms with Gasteiger partial charge in [0, 0.05) is 5.56 Å². The number of carbonyl (C=O) groups is 1. The summed E-state index contributed by atoms with van der Waals surface area (Å²) in [6.07, 6.45) is -0.297. The van der Waals surface area contributed by atoms with Crippen LogP contribution in [0.4, 0.5) is 0 Å². The van der Waals surface area contributed by atoms with Crippen molar-refractivity contribution in [2.75, 3.05) is 13.2 Å². The average molecular weight is 206 g/mol. The Morgan fingerprint density at radius 1 is 1.40 bits per heavy atom. The van der Waals surface area contributed by atoms with E-state index >= 15 is 0 Å². The molecule has 1 heterocycles. The second-order valence-corrected chi connectivity index (χ2v) is 3.67. The van der Waals surface area contributed by atoms with Gasteiger partial charge in [0.25, 0.3) is 0 Å². The van der Waals surface area contributed by atoms with Crippen LogP contribution in [0.3, 0.4) is 0 Å². The Hall–Kier alpha value is -1.19. The van der Waals surface area contributed by atoms with Crippen molar-refractivity contribution in [3.05, 3.63) is 35.9 Å². The van der Waals surface area contributed by atoms with Crippen LogP contribution in [0, 0.1) is 0 Å². The van der Waals surface area contributed by atoms with E-state index in [0.29, 0.717) is 18.8 Å². The Labute approximate surface area is 89.0 Å². The van der Waals surface area contributed by atoms with E-state index in [1.54, 1.807) is 19.1 Å². The summed E-state index contributed by atoms with van der Waals surface area (Å²) in [7, 11) is 0. The lowest BCUT2D eigenvalue weighted by Gasteiger charge is -2.28. The van der Waals surface area contributed by atoms with Crippen LogP contribution in [0.15, 0.2) is 30.3 Å². The molecular formula is C12H14O3. The molecule has 0 radical (unpaired) electrons. The van der Waals surface area contributed by atoms with E-state index in [1.165, 1.54) is 0 Å². The molecule has 3 heteroatoms. The van der Waals surface area contributed by atoms with Crippen LogP contribution in [-0.2, 0) is 9.47 Å². The van der Waals surface area contributed by atoms with Crippen molar-refractivity contribution in [3.8, 4) is 0 Å². The van der Waals surface area contributed by atoms with E-state index in [4.69, 9.17) is 9.47 Å². The second-order valence-electron chi connectivity index (χ2n) is 3.67. The molecule has 1 aliphatic rings. The van der Waals surface area contributed by atoms with Gasteiger partial charge in [-0.25, -0.2) is 0 Å². The SMILES string of the molecule is CC(OC1COC1)C(=O)c1ccccc1. The highest BCUT2D eigenvalue weighted by molar-refractivity contribution is 5.99. The quantitative estimate of drug-likeness (QED) is 0.703. The third-order valence-electron chi connectivity index (χ3n) is 2.43. The van der Waals surface area contributed by atoms with Crippen molar-refractivity contribution in [1.29, 1.82) is 0 Å². The van der Waals surface area contributed by atoms with Crippen molar-refractivity contribution >= 4 is 5.78 Å². The standard InChI is InChI=1S/C12H14O3/c1-9(15-11-7-14-8-11)12(13)10-5-3-2-4-6-10/h2-6,9,11H,7-8H2,1H3. The molecule has 80 valence electrons. The molecule has 15 heavy (non-hydrogen) atoms. The topological polar surface area (TPSA) is 35.5 Å². The van der Waals surface area contributed by atoms with Crippen LogP contribution in [0.25, 0.3) is 0 Å². The van der Waals surface area contributed by atoms with Gasteiger partial charge in [-0.3, -0.25) is 4.79 Å². The van der Waals surface area contributed by atoms with Crippen molar-refractivity contribution in [3.63, 3.8) is 0 Å². The minimum Gasteiger partial charge on any atom is -0.376 e. The van der Waals surface area contributed by atoms with Gasteiger partial charge >= 0.3 is 0 Å². The Morgan fingerprint density at radius 3 is 2.60 bits per heavy atom. The fraction of sp³-hybridized carbons (Fsp3) is 0.417. The number of hydrogen-bond donors (Lipinski definition) is 0. The van der Waals surface area contributed by atoms with Gasteiger partial charge in [0.05, 0.1) is 13.2 Å². The zero-order valence-electron chi connectivity index (χ0n) is 8.68. The minimum atomic E-state index is -0.388. The van der Waals surface area contributed by atoms with Gasteiger partial charge in [-0.05, 0) is 6.92 Å². The molecule has 1 aliphatic heterocycles. The Bertz CT molecular complexity index is 330. The van der Waals surface area contributed by atoms with Crippen molar-refractivity contribution in [1.82, 2.24) is 0 Å². The third kappa shape index (κ3) is 2.43. The summed E-state index contributed by atoms with van der Waals surface area (Å²) in [6.45, 7) is 2.99. The predicted molar refractivity (Wildman–Crippen MR) is 55.9 cm³/mol. The number of rotatable bonds is 4. The summed E-state index contributed by atoms with van der Waals surface area (Å²) >= 11 is 0. The molecule has 0 amide bonds. The normalized spacial score (nSPS) is 18.2. The summed E-state index contributed by atoms with van der Waals surface area (Å²) < 4.78 is 10.5. The first-order valence-corrected chi connectivity index (χ1v) is 5.10. The molecule has 1 atom stereocenters. The maximum atomic E-state index is 11.9. The van der Waals surface area contributed by atoms with E-state index < -0.39 is 0 Å². The maximum absolute atomic E-state index is 11.9. The highest BCUT2D eigenvalue weighted by Gasteiger charge is 2.25. The van der Waals surface area contributed by atoms with Crippen molar-refractivity contribution in [2.45, 2.75) is 19.1 Å². The number of hydrogen-bond acceptors (Lipinski definition) is 3. The van der Waals surface area contributed by atoms with Crippen LogP contribution in [0.5, 0.6) is 0 Å². The number of ether oxygens (including phenoxy) is 2. The molecule has 0 bridgehead atoms. The number of carbonyl (C=O) groups excluding carboxylic acids is 1. The summed E-state index contributed by atoms with van der Waals surface area (Å²) in [5.74, 6) is 0.0301. The van der Waals surface area contributed by atoms with Crippen molar-refractivity contribution in [2.24, 2.45) is 0 Å². The summed E-state index contributed by atoms with van der Waals surface area (Å²) in [5, 5.41) is 0. The van der Waals surface area contributed by atoms with Gasteiger partial charge in [0.1, 0.15) is 12.2 Å². The molecule has 1 aromatic carbocycles. The molecule has 1 saturated heterocycles. The van der Waals surface area contributed by atoms with Crippen LogP contribution < -0.4 is 0 Å². The molecule has 0 spiro atoms. The molecule has 2 rings (SSSR count). The molecule has 1 aromatic rings. The largest absolute Gasteiger partial charge is 0.376 e. The number of benzene rings is 1. The first-order chi connectivity index (χ1) is 7.27. The second kappa shape index (κ2) is 4.55. The van der Waals surface area contributed by atoms with Gasteiger partial charge in [-0.1, -0.05) is 30.3 Å². The highest BCUT2D eigenvalue weighted by Crippen LogP contribution is 2.12. The average Bonchev–Trinajstić information content (AvgIpc) is 2.23. The van der Waals surface area contributed by atoms with E-state index in [1.807, 2.05) is 18.2 Å². The zero-order valence-corrected chi connectivity index (χ0v) is 8.68. The first-order valence-electron chi connectivity index (χ1n) is 5.10. The van der Waals surface area contributed by atoms with Crippen molar-refractivity contribution < 1.29 is 14.3 Å². The number of Topliss-reactive ketones (excluding diaryl/α,β-unsaturated/α-hetero) is 1. The van der Waals surface area contributed by atoms with E-state index in [-0.39, 0.29) is 18.0 Å². The summed E-state index contributed by atoms with van der Waals surface area (Å²) in [5.41, 5.74) is 0.699. The Kier molecular flexibility index (Phi) is 3.14. The fourth-order valence-corrected chi connectivity index (χ4v) is 1.48. The zero-order chi connectivity index (χ0) is 10.7. The lowest BCUT2D eigenvalue weighted by atomic mass is 10.1. The Balaban J connectivity index is 1.95. The predicted octanol–water partition coefficient (Wildman–Crippen LogP) is 1.67. The Morgan fingerprint density at radius 2 is 2.07 bits per heavy atom. The van der Waals surface area contributed by atoms with Gasteiger partial charge in [0.2, 0.25) is 0 Å². The maximum Gasteiger partial charge on any atom is 0.191 e. The van der Waals surface area contributed by atoms with E-state index in [2.05, 4.69) is 0 Å². The smallest absolute Gasteiger partial charge is 0.191 e. The summed E-state index contributed by atoms with van der Waals surface area (Å²) in [6, 6.07) is 9.21. The van der Waals surface area contributed by atoms with Crippen LogP contribution >= 0.6 is 0 Å². The molecule has 0 N–H and O–H groups in total. The van der Waals surface area contributed by atoms with Gasteiger partial charge in [0.15, 0.2) is 5.78 Å². The first kappa shape index (κ1) is 10.3. The van der Waals surface area contributed by atoms with Gasteiger partial charge < -0.3 is 9.47 Å². The minimum absolute atomic E-state index is 0.0301. The molecule has 0 saturated carbocycles. The molecule has 3 nitrogen and oxygen atoms in total. The van der Waals surface area contributed by atoms with Crippen LogP contribution in [0.1, 0.15) is 17.3 Å². The lowest BCUT2D eigenvalue weighted by molar-refractivity contribution is -0.141. The monoisotopic (exact) mass is 206 g/mol. The fourth-order valence-electron chi connectivity index (χ4n) is 1.48. The van der Waals surface area contributed by atoms with E-state index in [9.17, 15) is 4.79 Å². The molecule has 0 aromatic heterocycles. The molecule has 1 unspecified atom stereocenters. The molecule has 1 fully saturated rings. The summed E-state index contributed by atoms with van der Waals surface area (Å²) in [4.78, 5) is 11.9. The third-order valence-corrected chi connectivity index (χ3v) is 2.43. The highest BCUT2D eigenvalue weighted by atomic mass is 16.6. The van der Waals surface area contributed by atoms with Gasteiger partial charge in [-0.15, -0.1) is 0 Å². The molecule has 0 aliphatic carbocycles. The van der Waals surface area contributed by atoms with Gasteiger partial charge in [-0.2, -0.15) is 0 Å². The molecular weight excluding hydrogens is 192 g/mol. The lowest BCUT2D eigenvalue weighted by Crippen LogP contribution is -2.40. The number of ketones is 1. The van der Waals surface area contributed by atoms with E-state index in [0.717, 1.165) is 0 Å². The van der Waals surface area contributed by atoms with Crippen LogP contribution in [-0.4, -0.2) is 31.2 Å². The van der Waals surface area contributed by atoms with Crippen LogP contribution in [0.2, 0.25) is 0 Å².